The first-order valence-electron chi connectivity index (χ1n) is 9.12. The molecule has 0 aliphatic rings. The van der Waals surface area contributed by atoms with Gasteiger partial charge < -0.3 is 4.74 Å². The molecule has 27 heavy (non-hydrogen) atoms. The first-order chi connectivity index (χ1) is 13.3. The van der Waals surface area contributed by atoms with Crippen LogP contribution in [-0.4, -0.2) is 12.6 Å². The summed E-state index contributed by atoms with van der Waals surface area (Å²) in [5, 5.41) is 2.16. The Labute approximate surface area is 159 Å². The Balaban J connectivity index is 1.87. The van der Waals surface area contributed by atoms with Gasteiger partial charge in [0.25, 0.3) is 0 Å². The Kier molecular flexibility index (Phi) is 4.71. The molecule has 2 heteroatoms. The van der Waals surface area contributed by atoms with E-state index in [1.807, 2.05) is 49.4 Å². The molecule has 0 bridgehead atoms. The van der Waals surface area contributed by atoms with Crippen molar-refractivity contribution in [2.45, 2.75) is 6.92 Å². The van der Waals surface area contributed by atoms with Crippen molar-refractivity contribution < 1.29 is 9.53 Å². The van der Waals surface area contributed by atoms with Gasteiger partial charge in [-0.3, -0.25) is 0 Å². The van der Waals surface area contributed by atoms with E-state index < -0.39 is 0 Å². The third kappa shape index (κ3) is 3.34. The topological polar surface area (TPSA) is 26.3 Å². The van der Waals surface area contributed by atoms with Crippen molar-refractivity contribution in [3.63, 3.8) is 0 Å². The van der Waals surface area contributed by atoms with Gasteiger partial charge in [0.1, 0.15) is 0 Å². The molecule has 0 fully saturated rings. The molecule has 0 radical (unpaired) electrons. The minimum absolute atomic E-state index is 0.287. The molecule has 4 rings (SSSR count). The van der Waals surface area contributed by atoms with Gasteiger partial charge in [0.2, 0.25) is 0 Å². The van der Waals surface area contributed by atoms with Crippen LogP contribution in [0.2, 0.25) is 0 Å². The zero-order valence-corrected chi connectivity index (χ0v) is 15.2. The Bertz CT molecular complexity index is 1080. The van der Waals surface area contributed by atoms with E-state index in [0.29, 0.717) is 12.2 Å². The second-order valence-corrected chi connectivity index (χ2v) is 6.37. The molecule has 2 nitrogen and oxygen atoms in total. The highest BCUT2D eigenvalue weighted by molar-refractivity contribution is 6.08. The number of ether oxygens (including phenoxy) is 1. The van der Waals surface area contributed by atoms with E-state index in [0.717, 1.165) is 27.5 Å². The number of hydrogen-bond acceptors (Lipinski definition) is 2. The Morgan fingerprint density at radius 3 is 2.07 bits per heavy atom. The summed E-state index contributed by atoms with van der Waals surface area (Å²) in [5.41, 5.74) is 4.86. The maximum Gasteiger partial charge on any atom is 0.338 e. The minimum atomic E-state index is -0.287. The van der Waals surface area contributed by atoms with Gasteiger partial charge in [-0.25, -0.2) is 4.79 Å². The molecule has 0 aliphatic carbocycles. The van der Waals surface area contributed by atoms with Gasteiger partial charge in [0.05, 0.1) is 12.2 Å². The molecule has 0 saturated heterocycles. The van der Waals surface area contributed by atoms with Gasteiger partial charge in [-0.2, -0.15) is 0 Å². The van der Waals surface area contributed by atoms with E-state index in [1.54, 1.807) is 0 Å². The fourth-order valence-corrected chi connectivity index (χ4v) is 3.42. The van der Waals surface area contributed by atoms with Crippen LogP contribution in [0.15, 0.2) is 91.0 Å². The van der Waals surface area contributed by atoms with Gasteiger partial charge in [0, 0.05) is 5.56 Å². The van der Waals surface area contributed by atoms with Gasteiger partial charge in [-0.15, -0.1) is 0 Å². The zero-order chi connectivity index (χ0) is 18.6. The predicted molar refractivity (Wildman–Crippen MR) is 111 cm³/mol. The first-order valence-corrected chi connectivity index (χ1v) is 9.12. The van der Waals surface area contributed by atoms with Crippen molar-refractivity contribution in [2.75, 3.05) is 6.61 Å². The molecule has 0 aromatic heterocycles. The maximum absolute atomic E-state index is 12.5. The number of fused-ring (bicyclic) bond motifs is 1. The van der Waals surface area contributed by atoms with Crippen LogP contribution in [0.3, 0.4) is 0 Å². The normalized spacial score (nSPS) is 10.7. The third-order valence-electron chi connectivity index (χ3n) is 4.71. The lowest BCUT2D eigenvalue weighted by molar-refractivity contribution is 0.0527. The van der Waals surface area contributed by atoms with E-state index in [2.05, 4.69) is 48.5 Å². The van der Waals surface area contributed by atoms with Crippen molar-refractivity contribution >= 4 is 16.7 Å². The number of carbonyl (C=O) groups is 1. The van der Waals surface area contributed by atoms with Crippen LogP contribution in [0.1, 0.15) is 17.3 Å². The summed E-state index contributed by atoms with van der Waals surface area (Å²) in [6, 6.07) is 30.6. The monoisotopic (exact) mass is 352 g/mol. The average molecular weight is 352 g/mol. The van der Waals surface area contributed by atoms with Crippen molar-refractivity contribution in [3.8, 4) is 22.3 Å². The molecule has 0 N–H and O–H groups in total. The SMILES string of the molecule is CCOC(=O)c1ccc2ccccc2c1-c1ccc(-c2ccccc2)cc1. The van der Waals surface area contributed by atoms with E-state index in [4.69, 9.17) is 4.74 Å². The van der Waals surface area contributed by atoms with E-state index in [9.17, 15) is 4.79 Å². The third-order valence-corrected chi connectivity index (χ3v) is 4.71. The largest absolute Gasteiger partial charge is 0.462 e. The Morgan fingerprint density at radius 2 is 1.33 bits per heavy atom. The molecule has 0 aliphatic heterocycles. The molecule has 0 atom stereocenters. The quantitative estimate of drug-likeness (QED) is 0.400. The number of rotatable bonds is 4. The summed E-state index contributed by atoms with van der Waals surface area (Å²) in [4.78, 5) is 12.5. The highest BCUT2D eigenvalue weighted by atomic mass is 16.5. The fourth-order valence-electron chi connectivity index (χ4n) is 3.42. The molecule has 132 valence electrons. The predicted octanol–water partition coefficient (Wildman–Crippen LogP) is 6.35. The second kappa shape index (κ2) is 7.46. The Morgan fingerprint density at radius 1 is 0.704 bits per heavy atom. The molecular formula is C25H20O2. The van der Waals surface area contributed by atoms with Crippen molar-refractivity contribution in [2.24, 2.45) is 0 Å². The molecule has 4 aromatic carbocycles. The van der Waals surface area contributed by atoms with E-state index >= 15 is 0 Å². The lowest BCUT2D eigenvalue weighted by atomic mass is 9.92. The van der Waals surface area contributed by atoms with Crippen LogP contribution in [0, 0.1) is 0 Å². The summed E-state index contributed by atoms with van der Waals surface area (Å²) < 4.78 is 5.29. The molecule has 4 aromatic rings. The highest BCUT2D eigenvalue weighted by Crippen LogP contribution is 2.34. The summed E-state index contributed by atoms with van der Waals surface area (Å²) in [7, 11) is 0. The van der Waals surface area contributed by atoms with Crippen LogP contribution in [0.25, 0.3) is 33.0 Å². The van der Waals surface area contributed by atoms with Gasteiger partial charge in [-0.1, -0.05) is 84.9 Å². The summed E-state index contributed by atoms with van der Waals surface area (Å²) in [6.07, 6.45) is 0. The highest BCUT2D eigenvalue weighted by Gasteiger charge is 2.17. The van der Waals surface area contributed by atoms with Crippen molar-refractivity contribution in [1.29, 1.82) is 0 Å². The van der Waals surface area contributed by atoms with Crippen molar-refractivity contribution in [3.05, 3.63) is 96.6 Å². The fraction of sp³-hybridized carbons (Fsp3) is 0.0800. The van der Waals surface area contributed by atoms with Crippen LogP contribution in [-0.2, 0) is 4.74 Å². The summed E-state index contributed by atoms with van der Waals surface area (Å²) >= 11 is 0. The van der Waals surface area contributed by atoms with Gasteiger partial charge in [-0.05, 0) is 40.5 Å². The molecule has 0 spiro atoms. The molecule has 0 saturated carbocycles. The molecular weight excluding hydrogens is 332 g/mol. The number of benzene rings is 4. The van der Waals surface area contributed by atoms with Crippen LogP contribution >= 0.6 is 0 Å². The first kappa shape index (κ1) is 17.0. The minimum Gasteiger partial charge on any atom is -0.462 e. The van der Waals surface area contributed by atoms with Crippen LogP contribution in [0.5, 0.6) is 0 Å². The molecule has 0 heterocycles. The van der Waals surface area contributed by atoms with Gasteiger partial charge in [0.15, 0.2) is 0 Å². The summed E-state index contributed by atoms with van der Waals surface area (Å²) in [6.45, 7) is 2.19. The smallest absolute Gasteiger partial charge is 0.338 e. The van der Waals surface area contributed by atoms with Crippen molar-refractivity contribution in [1.82, 2.24) is 0 Å². The molecule has 0 unspecified atom stereocenters. The Hall–Kier alpha value is -3.39. The lowest BCUT2D eigenvalue weighted by Gasteiger charge is -2.13. The number of carbonyl (C=O) groups excluding carboxylic acids is 1. The second-order valence-electron chi connectivity index (χ2n) is 6.37. The molecule has 0 amide bonds. The van der Waals surface area contributed by atoms with Crippen LogP contribution < -0.4 is 0 Å². The van der Waals surface area contributed by atoms with Gasteiger partial charge >= 0.3 is 5.97 Å². The standard InChI is InChI=1S/C25H20O2/c1-2-27-25(26)23-17-16-20-10-6-7-11-22(20)24(23)21-14-12-19(13-15-21)18-8-4-3-5-9-18/h3-17H,2H2,1H3. The van der Waals surface area contributed by atoms with E-state index in [-0.39, 0.29) is 5.97 Å². The van der Waals surface area contributed by atoms with E-state index in [1.165, 1.54) is 5.56 Å². The zero-order valence-electron chi connectivity index (χ0n) is 15.2. The average Bonchev–Trinajstić information content (AvgIpc) is 2.74. The maximum atomic E-state index is 12.5. The number of hydrogen-bond donors (Lipinski definition) is 0. The number of esters is 1. The van der Waals surface area contributed by atoms with Crippen LogP contribution in [0.4, 0.5) is 0 Å². The summed E-state index contributed by atoms with van der Waals surface area (Å²) in [5.74, 6) is -0.287. The lowest BCUT2D eigenvalue weighted by Crippen LogP contribution is -2.06.